The Bertz CT molecular complexity index is 2160. The van der Waals surface area contributed by atoms with Crippen LogP contribution in [0.4, 0.5) is 15.9 Å². The second-order valence-corrected chi connectivity index (χ2v) is 12.9. The predicted octanol–water partition coefficient (Wildman–Crippen LogP) is 6.82. The summed E-state index contributed by atoms with van der Waals surface area (Å²) in [6, 6.07) is 18.9. The monoisotopic (exact) mass is 732 g/mol. The van der Waals surface area contributed by atoms with Crippen molar-refractivity contribution in [3.63, 3.8) is 0 Å². The summed E-state index contributed by atoms with van der Waals surface area (Å²) in [4.78, 5) is 22.4. The number of nitrogens with zero attached hydrogens (tertiary/aromatic N) is 5. The maximum absolute atomic E-state index is 13.5. The minimum absolute atomic E-state index is 0.0405. The quantitative estimate of drug-likeness (QED) is 0.0768. The van der Waals surface area contributed by atoms with Crippen LogP contribution in [-0.4, -0.2) is 51.4 Å². The first-order valence-electron chi connectivity index (χ1n) is 14.4. The summed E-state index contributed by atoms with van der Waals surface area (Å²) in [5.74, 6) is 0.921. The molecule has 0 bridgehead atoms. The molecule has 0 amide bonds. The number of pyridine rings is 2. The Morgan fingerprint density at radius 1 is 0.979 bits per heavy atom. The number of hydrogen-bond acceptors (Lipinski definition) is 11. The highest BCUT2D eigenvalue weighted by molar-refractivity contribution is 9.10. The van der Waals surface area contributed by atoms with E-state index in [1.807, 2.05) is 35.7 Å². The Morgan fingerprint density at radius 2 is 1.89 bits per heavy atom. The lowest BCUT2D eigenvalue weighted by atomic mass is 10.2. The number of fused-ring (bicyclic) bond motifs is 1. The Labute approximate surface area is 283 Å². The molecule has 0 spiro atoms. The van der Waals surface area contributed by atoms with Gasteiger partial charge in [0.05, 0.1) is 44.9 Å². The van der Waals surface area contributed by atoms with Crippen molar-refractivity contribution in [2.24, 2.45) is 0 Å². The lowest BCUT2D eigenvalue weighted by Crippen LogP contribution is -2.14. The summed E-state index contributed by atoms with van der Waals surface area (Å²) < 4.78 is 49.0. The molecule has 0 atom stereocenters. The van der Waals surface area contributed by atoms with Gasteiger partial charge in [-0.25, -0.2) is 19.3 Å². The van der Waals surface area contributed by atoms with Crippen LogP contribution in [0, 0.1) is 5.82 Å². The summed E-state index contributed by atoms with van der Waals surface area (Å²) in [5.41, 5.74) is 3.98. The molecular formula is C33H26BrFN6O4S2. The number of nitrogens with one attached hydrogen (secondary N) is 1. The van der Waals surface area contributed by atoms with E-state index in [1.165, 1.54) is 29.8 Å². The second kappa shape index (κ2) is 15.3. The van der Waals surface area contributed by atoms with Gasteiger partial charge in [-0.2, -0.15) is 8.42 Å². The summed E-state index contributed by atoms with van der Waals surface area (Å²) >= 11 is 5.09. The topological polar surface area (TPSA) is 129 Å². The van der Waals surface area contributed by atoms with Crippen LogP contribution < -0.4 is 10.1 Å². The van der Waals surface area contributed by atoms with Crippen molar-refractivity contribution in [2.45, 2.75) is 19.4 Å². The third-order valence-corrected chi connectivity index (χ3v) is 9.14. The zero-order valence-corrected chi connectivity index (χ0v) is 27.9. The van der Waals surface area contributed by atoms with E-state index in [1.54, 1.807) is 36.7 Å². The molecule has 2 aromatic carbocycles. The van der Waals surface area contributed by atoms with E-state index in [-0.39, 0.29) is 23.9 Å². The van der Waals surface area contributed by atoms with E-state index in [0.717, 1.165) is 31.8 Å². The lowest BCUT2D eigenvalue weighted by molar-refractivity contribution is 0.170. The molecule has 0 aliphatic rings. The Kier molecular flexibility index (Phi) is 10.5. The number of anilines is 2. The van der Waals surface area contributed by atoms with E-state index in [2.05, 4.69) is 41.2 Å². The third-order valence-electron chi connectivity index (χ3n) is 6.88. The number of rotatable bonds is 13. The van der Waals surface area contributed by atoms with Crippen molar-refractivity contribution in [2.75, 3.05) is 18.5 Å². The standard InChI is InChI=1S/C33H26BrFN6O4S2/c34-25-14-23(9-10-30(25)45-17-21-5-3-6-22(35)13-21)40-33-24-15-27(37-16-28(24)38-20-39-33)29-19-46-32(41-29)8-4-12-44-18-31(47(42)43)26-7-1-2-11-36-26/h1-3,5-7,9-11,13-16,19-20H,4,8,12,17-18H2,(H,38,39,40). The summed E-state index contributed by atoms with van der Waals surface area (Å²) in [6.45, 7) is 0.569. The van der Waals surface area contributed by atoms with Gasteiger partial charge < -0.3 is 14.8 Å². The third kappa shape index (κ3) is 8.40. The number of halogens is 2. The first-order chi connectivity index (χ1) is 22.9. The largest absolute Gasteiger partial charge is 0.488 e. The molecule has 0 saturated heterocycles. The maximum Gasteiger partial charge on any atom is 0.221 e. The predicted molar refractivity (Wildman–Crippen MR) is 183 cm³/mol. The molecule has 47 heavy (non-hydrogen) atoms. The molecule has 0 radical (unpaired) electrons. The van der Waals surface area contributed by atoms with E-state index in [9.17, 15) is 12.8 Å². The number of aromatic nitrogens is 5. The van der Waals surface area contributed by atoms with Gasteiger partial charge in [0.2, 0.25) is 10.3 Å². The zero-order valence-electron chi connectivity index (χ0n) is 24.6. The molecule has 0 unspecified atom stereocenters. The van der Waals surface area contributed by atoms with Gasteiger partial charge in [-0.05, 0) is 76.4 Å². The smallest absolute Gasteiger partial charge is 0.221 e. The number of hydrogen-bond donors (Lipinski definition) is 1. The Hall–Kier alpha value is -4.63. The van der Waals surface area contributed by atoms with Gasteiger partial charge in [0.15, 0.2) is 0 Å². The molecule has 238 valence electrons. The molecule has 0 fully saturated rings. The zero-order chi connectivity index (χ0) is 32.6. The van der Waals surface area contributed by atoms with Crippen molar-refractivity contribution in [1.82, 2.24) is 24.9 Å². The molecular weight excluding hydrogens is 707 g/mol. The van der Waals surface area contributed by atoms with Gasteiger partial charge in [-0.3, -0.25) is 9.97 Å². The van der Waals surface area contributed by atoms with Crippen LogP contribution in [0.3, 0.4) is 0 Å². The summed E-state index contributed by atoms with van der Waals surface area (Å²) in [7, 11) is -2.42. The molecule has 1 N–H and O–H groups in total. The minimum Gasteiger partial charge on any atom is -0.488 e. The first kappa shape index (κ1) is 32.3. The van der Waals surface area contributed by atoms with Crippen LogP contribution in [0.25, 0.3) is 22.3 Å². The van der Waals surface area contributed by atoms with Crippen LogP contribution in [0.1, 0.15) is 22.7 Å². The van der Waals surface area contributed by atoms with Crippen molar-refractivity contribution in [1.29, 1.82) is 0 Å². The van der Waals surface area contributed by atoms with Gasteiger partial charge in [-0.1, -0.05) is 18.2 Å². The minimum atomic E-state index is -2.42. The summed E-state index contributed by atoms with van der Waals surface area (Å²) in [6.07, 6.45) is 6.06. The van der Waals surface area contributed by atoms with Crippen molar-refractivity contribution >= 4 is 64.8 Å². The molecule has 4 aromatic heterocycles. The Balaban J connectivity index is 1.08. The molecule has 14 heteroatoms. The molecule has 4 heterocycles. The van der Waals surface area contributed by atoms with Gasteiger partial charge >= 0.3 is 0 Å². The normalized spacial score (nSPS) is 11.0. The van der Waals surface area contributed by atoms with E-state index in [0.29, 0.717) is 47.9 Å². The average molecular weight is 734 g/mol. The molecule has 6 rings (SSSR count). The van der Waals surface area contributed by atoms with Crippen molar-refractivity contribution in [3.05, 3.63) is 117 Å². The van der Waals surface area contributed by atoms with Crippen LogP contribution in [0.2, 0.25) is 0 Å². The second-order valence-electron chi connectivity index (χ2n) is 10.2. The fraction of sp³-hybridized carbons (Fsp3) is 0.152. The molecule has 0 aliphatic carbocycles. The van der Waals surface area contributed by atoms with E-state index < -0.39 is 10.3 Å². The van der Waals surface area contributed by atoms with Crippen LogP contribution >= 0.6 is 27.3 Å². The number of ether oxygens (including phenoxy) is 2. The van der Waals surface area contributed by atoms with Gasteiger partial charge in [0.1, 0.15) is 35.2 Å². The van der Waals surface area contributed by atoms with E-state index >= 15 is 0 Å². The molecule has 0 saturated carbocycles. The average Bonchev–Trinajstić information content (AvgIpc) is 3.55. The van der Waals surface area contributed by atoms with Gasteiger partial charge in [0, 0.05) is 35.7 Å². The fourth-order valence-electron chi connectivity index (χ4n) is 4.59. The highest BCUT2D eigenvalue weighted by Gasteiger charge is 2.13. The van der Waals surface area contributed by atoms with Crippen molar-refractivity contribution in [3.8, 4) is 17.1 Å². The number of thiazole rings is 1. The fourth-order valence-corrected chi connectivity index (χ4v) is 6.39. The van der Waals surface area contributed by atoms with Crippen molar-refractivity contribution < 1.29 is 22.3 Å². The number of benzene rings is 2. The van der Waals surface area contributed by atoms with E-state index in [4.69, 9.17) is 14.5 Å². The van der Waals surface area contributed by atoms with Gasteiger partial charge in [-0.15, -0.1) is 11.3 Å². The summed E-state index contributed by atoms with van der Waals surface area (Å²) in [5, 5.41) is 7.00. The lowest BCUT2D eigenvalue weighted by Gasteiger charge is -2.12. The highest BCUT2D eigenvalue weighted by atomic mass is 79.9. The first-order valence-corrected chi connectivity index (χ1v) is 17.1. The van der Waals surface area contributed by atoms with Crippen LogP contribution in [-0.2, 0) is 28.1 Å². The van der Waals surface area contributed by atoms with Crippen LogP contribution in [0.15, 0.2) is 95.3 Å². The highest BCUT2D eigenvalue weighted by Crippen LogP contribution is 2.32. The molecule has 0 aliphatic heterocycles. The molecule has 6 aromatic rings. The SMILES string of the molecule is O=S(=O)=C(COCCCc1nc(-c2cc3c(Nc4ccc(OCc5cccc(F)c5)c(Br)c4)ncnc3cn2)cs1)c1ccccn1. The maximum atomic E-state index is 13.5. The molecule has 10 nitrogen and oxygen atoms in total. The Morgan fingerprint density at radius 3 is 2.70 bits per heavy atom. The van der Waals surface area contributed by atoms with Crippen LogP contribution in [0.5, 0.6) is 5.75 Å². The van der Waals surface area contributed by atoms with Gasteiger partial charge in [0.25, 0.3) is 0 Å². The number of aryl methyl sites for hydroxylation is 1.